The molecule has 5 aromatic rings. The second kappa shape index (κ2) is 6.80. The first-order valence-corrected chi connectivity index (χ1v) is 9.46. The summed E-state index contributed by atoms with van der Waals surface area (Å²) in [5.74, 6) is 0. The van der Waals surface area contributed by atoms with E-state index < -0.39 is 0 Å². The van der Waals surface area contributed by atoms with Crippen LogP contribution < -0.4 is 22.1 Å². The number of nitrogens with one attached hydrogen (secondary N) is 3. The van der Waals surface area contributed by atoms with Crippen molar-refractivity contribution in [3.8, 4) is 0 Å². The van der Waals surface area contributed by atoms with E-state index in [1.165, 1.54) is 0 Å². The third-order valence-corrected chi connectivity index (χ3v) is 5.04. The summed E-state index contributed by atoms with van der Waals surface area (Å²) in [5.41, 5.74) is 19.7. The Hall–Kier alpha value is -4.12. The number of anilines is 6. The number of benzene rings is 4. The number of hydrogen-bond acceptors (Lipinski definition) is 4. The zero-order chi connectivity index (χ0) is 19.8. The molecule has 0 atom stereocenters. The first kappa shape index (κ1) is 17.0. The van der Waals surface area contributed by atoms with Crippen LogP contribution in [-0.2, 0) is 0 Å². The van der Waals surface area contributed by atoms with Crippen molar-refractivity contribution in [3.63, 3.8) is 0 Å². The Morgan fingerprint density at radius 3 is 1.38 bits per heavy atom. The molecular weight excluding hydrogens is 358 g/mol. The summed E-state index contributed by atoms with van der Waals surface area (Å²) < 4.78 is 0. The number of aromatic amines is 1. The summed E-state index contributed by atoms with van der Waals surface area (Å²) in [6.07, 6.45) is 0. The lowest BCUT2D eigenvalue weighted by atomic mass is 10.1. The second-order valence-electron chi connectivity index (χ2n) is 7.08. The highest BCUT2D eigenvalue weighted by atomic mass is 14.9. The maximum atomic E-state index is 6.30. The Balaban J connectivity index is 1.61. The molecule has 0 aliphatic heterocycles. The number of rotatable bonds is 4. The highest BCUT2D eigenvalue weighted by Crippen LogP contribution is 2.36. The third kappa shape index (κ3) is 3.19. The molecule has 0 fully saturated rings. The van der Waals surface area contributed by atoms with Crippen molar-refractivity contribution in [1.82, 2.24) is 4.98 Å². The molecule has 0 aliphatic carbocycles. The Morgan fingerprint density at radius 1 is 0.552 bits per heavy atom. The zero-order valence-electron chi connectivity index (χ0n) is 15.7. The number of hydrogen-bond donors (Lipinski definition) is 5. The van der Waals surface area contributed by atoms with Gasteiger partial charge >= 0.3 is 0 Å². The number of nitrogens with two attached hydrogens (primary N) is 2. The molecule has 5 nitrogen and oxygen atoms in total. The van der Waals surface area contributed by atoms with Crippen LogP contribution in [0.25, 0.3) is 21.8 Å². The van der Waals surface area contributed by atoms with Crippen LogP contribution in [0.1, 0.15) is 0 Å². The van der Waals surface area contributed by atoms with E-state index in [-0.39, 0.29) is 0 Å². The molecule has 0 saturated heterocycles. The molecule has 0 unspecified atom stereocenters. The molecule has 0 bridgehead atoms. The first-order valence-electron chi connectivity index (χ1n) is 9.46. The fourth-order valence-corrected chi connectivity index (χ4v) is 3.60. The van der Waals surface area contributed by atoms with Crippen LogP contribution in [-0.4, -0.2) is 4.98 Å². The molecule has 0 radical (unpaired) electrons. The van der Waals surface area contributed by atoms with Crippen molar-refractivity contribution >= 4 is 55.9 Å². The van der Waals surface area contributed by atoms with Crippen LogP contribution in [0.2, 0.25) is 0 Å². The zero-order valence-corrected chi connectivity index (χ0v) is 15.7. The molecule has 0 spiro atoms. The van der Waals surface area contributed by atoms with Gasteiger partial charge in [-0.15, -0.1) is 0 Å². The van der Waals surface area contributed by atoms with Crippen molar-refractivity contribution in [2.24, 2.45) is 0 Å². The summed E-state index contributed by atoms with van der Waals surface area (Å²) in [7, 11) is 0. The number of aromatic nitrogens is 1. The van der Waals surface area contributed by atoms with Gasteiger partial charge in [-0.3, -0.25) is 0 Å². The normalized spacial score (nSPS) is 11.0. The van der Waals surface area contributed by atoms with Crippen LogP contribution in [0.15, 0.2) is 84.9 Å². The maximum Gasteiger partial charge on any atom is 0.0625 e. The van der Waals surface area contributed by atoms with Crippen molar-refractivity contribution < 1.29 is 0 Å². The SMILES string of the molecule is Nc1cc2[nH]c3cc(N)c(Nc4ccccc4)cc3c2cc1Nc1ccccc1. The number of H-pyrrole nitrogens is 1. The number of fused-ring (bicyclic) bond motifs is 3. The van der Waals surface area contributed by atoms with E-state index in [1.807, 2.05) is 72.8 Å². The van der Waals surface area contributed by atoms with Crippen molar-refractivity contribution in [3.05, 3.63) is 84.9 Å². The Bertz CT molecular complexity index is 1210. The fourth-order valence-electron chi connectivity index (χ4n) is 3.60. The van der Waals surface area contributed by atoms with Gasteiger partial charge in [0.2, 0.25) is 0 Å². The molecule has 0 aliphatic rings. The van der Waals surface area contributed by atoms with E-state index in [1.54, 1.807) is 0 Å². The van der Waals surface area contributed by atoms with Gasteiger partial charge in [-0.25, -0.2) is 0 Å². The average molecular weight is 379 g/mol. The Kier molecular flexibility index (Phi) is 3.99. The topological polar surface area (TPSA) is 91.9 Å². The molecule has 1 aromatic heterocycles. The van der Waals surface area contributed by atoms with Gasteiger partial charge in [0.1, 0.15) is 0 Å². The minimum atomic E-state index is 0.684. The monoisotopic (exact) mass is 379 g/mol. The molecule has 0 saturated carbocycles. The van der Waals surface area contributed by atoms with Gasteiger partial charge in [-0.2, -0.15) is 0 Å². The fraction of sp³-hybridized carbons (Fsp3) is 0. The molecule has 4 aromatic carbocycles. The van der Waals surface area contributed by atoms with Gasteiger partial charge in [0, 0.05) is 33.2 Å². The predicted molar refractivity (Wildman–Crippen MR) is 124 cm³/mol. The van der Waals surface area contributed by atoms with E-state index in [0.29, 0.717) is 11.4 Å². The van der Waals surface area contributed by atoms with Crippen molar-refractivity contribution in [1.29, 1.82) is 0 Å². The molecule has 1 heterocycles. The number of para-hydroxylation sites is 2. The minimum absolute atomic E-state index is 0.684. The molecule has 5 heteroatoms. The van der Waals surface area contributed by atoms with E-state index >= 15 is 0 Å². The molecule has 29 heavy (non-hydrogen) atoms. The van der Waals surface area contributed by atoms with E-state index in [0.717, 1.165) is 44.6 Å². The molecule has 0 amide bonds. The molecular formula is C24H21N5. The minimum Gasteiger partial charge on any atom is -0.397 e. The summed E-state index contributed by atoms with van der Waals surface area (Å²) in [6.45, 7) is 0. The van der Waals surface area contributed by atoms with Crippen LogP contribution >= 0.6 is 0 Å². The lowest BCUT2D eigenvalue weighted by Crippen LogP contribution is -1.96. The highest BCUT2D eigenvalue weighted by molar-refractivity contribution is 6.12. The first-order chi connectivity index (χ1) is 14.2. The van der Waals surface area contributed by atoms with Crippen LogP contribution in [0.3, 0.4) is 0 Å². The largest absolute Gasteiger partial charge is 0.397 e. The molecule has 142 valence electrons. The Labute approximate surface area is 168 Å². The standard InChI is InChI=1S/C24H21N5/c25-19-13-21-17(11-23(19)27-15-7-3-1-4-8-15)18-12-24(20(26)14-22(18)29-21)28-16-9-5-2-6-10-16/h1-14,27-29H,25-26H2. The van der Waals surface area contributed by atoms with Gasteiger partial charge in [0.25, 0.3) is 0 Å². The second-order valence-corrected chi connectivity index (χ2v) is 7.08. The Morgan fingerprint density at radius 2 is 0.966 bits per heavy atom. The molecule has 7 N–H and O–H groups in total. The van der Waals surface area contributed by atoms with Gasteiger partial charge < -0.3 is 27.1 Å². The van der Waals surface area contributed by atoms with Gasteiger partial charge in [0.05, 0.1) is 22.7 Å². The lowest BCUT2D eigenvalue weighted by Gasteiger charge is -2.11. The highest BCUT2D eigenvalue weighted by Gasteiger charge is 2.11. The summed E-state index contributed by atoms with van der Waals surface area (Å²) >= 11 is 0. The smallest absolute Gasteiger partial charge is 0.0625 e. The lowest BCUT2D eigenvalue weighted by molar-refractivity contribution is 1.52. The van der Waals surface area contributed by atoms with Gasteiger partial charge in [-0.1, -0.05) is 36.4 Å². The van der Waals surface area contributed by atoms with Gasteiger partial charge in [0.15, 0.2) is 0 Å². The van der Waals surface area contributed by atoms with Crippen molar-refractivity contribution in [2.75, 3.05) is 22.1 Å². The predicted octanol–water partition coefficient (Wildman–Crippen LogP) is 5.97. The van der Waals surface area contributed by atoms with Crippen LogP contribution in [0, 0.1) is 0 Å². The van der Waals surface area contributed by atoms with E-state index in [9.17, 15) is 0 Å². The van der Waals surface area contributed by atoms with Crippen LogP contribution in [0.4, 0.5) is 34.1 Å². The molecule has 5 rings (SSSR count). The van der Waals surface area contributed by atoms with E-state index in [4.69, 9.17) is 11.5 Å². The number of nitrogen functional groups attached to an aromatic ring is 2. The van der Waals surface area contributed by atoms with Gasteiger partial charge in [-0.05, 0) is 48.5 Å². The third-order valence-electron chi connectivity index (χ3n) is 5.04. The summed E-state index contributed by atoms with van der Waals surface area (Å²) in [6, 6.07) is 28.1. The maximum absolute atomic E-state index is 6.30. The average Bonchev–Trinajstić information content (AvgIpc) is 3.06. The van der Waals surface area contributed by atoms with Crippen LogP contribution in [0.5, 0.6) is 0 Å². The quantitative estimate of drug-likeness (QED) is 0.249. The summed E-state index contributed by atoms with van der Waals surface area (Å²) in [5, 5.41) is 8.98. The van der Waals surface area contributed by atoms with E-state index in [2.05, 4.69) is 27.8 Å². The summed E-state index contributed by atoms with van der Waals surface area (Å²) in [4.78, 5) is 3.43. The van der Waals surface area contributed by atoms with Crippen molar-refractivity contribution in [2.45, 2.75) is 0 Å².